The number of esters is 1. The minimum absolute atomic E-state index is 0.0616. The van der Waals surface area contributed by atoms with Crippen molar-refractivity contribution >= 4 is 17.6 Å². The maximum atomic E-state index is 11.7. The third kappa shape index (κ3) is 4.09. The van der Waals surface area contributed by atoms with Gasteiger partial charge in [0.1, 0.15) is 5.69 Å². The van der Waals surface area contributed by atoms with Gasteiger partial charge in [0.05, 0.1) is 24.1 Å². The molecule has 0 spiro atoms. The smallest absolute Gasteiger partial charge is 0.307 e. The van der Waals surface area contributed by atoms with Crippen LogP contribution in [0.1, 0.15) is 23.8 Å². The lowest BCUT2D eigenvalue weighted by Gasteiger charge is -2.05. The number of amides is 1. The third-order valence-electron chi connectivity index (χ3n) is 2.35. The molecule has 0 atom stereocenters. The molecular weight excluding hydrogens is 254 g/mol. The molecule has 8 nitrogen and oxygen atoms in total. The molecule has 0 saturated heterocycles. The first kappa shape index (κ1) is 14.7. The van der Waals surface area contributed by atoms with E-state index in [0.717, 1.165) is 0 Å². The standard InChI is InChI=1S/C11H15N3O5/c1-3-19-10(15)4-5-12-11(16)9-6-8(14(17)18)7-13(9)2/h6-7H,3-5H2,1-2H3,(H,12,16). The van der Waals surface area contributed by atoms with E-state index in [1.807, 2.05) is 0 Å². The largest absolute Gasteiger partial charge is 0.466 e. The summed E-state index contributed by atoms with van der Waals surface area (Å²) in [6.45, 7) is 2.10. The fourth-order valence-electron chi connectivity index (χ4n) is 1.47. The summed E-state index contributed by atoms with van der Waals surface area (Å²) < 4.78 is 6.06. The normalized spacial score (nSPS) is 10.0. The molecule has 1 aromatic heterocycles. The first-order chi connectivity index (χ1) is 8.95. The number of rotatable bonds is 6. The van der Waals surface area contributed by atoms with Crippen molar-refractivity contribution in [3.63, 3.8) is 0 Å². The summed E-state index contributed by atoms with van der Waals surface area (Å²) in [6, 6.07) is 1.18. The number of aryl methyl sites for hydroxylation is 1. The SMILES string of the molecule is CCOC(=O)CCNC(=O)c1cc([N+](=O)[O-])cn1C. The van der Waals surface area contributed by atoms with Gasteiger partial charge >= 0.3 is 5.97 Å². The molecule has 1 N–H and O–H groups in total. The van der Waals surface area contributed by atoms with E-state index < -0.39 is 16.8 Å². The van der Waals surface area contributed by atoms with Gasteiger partial charge in [-0.2, -0.15) is 0 Å². The van der Waals surface area contributed by atoms with Gasteiger partial charge in [-0.05, 0) is 6.92 Å². The number of hydrogen-bond donors (Lipinski definition) is 1. The van der Waals surface area contributed by atoms with Crippen LogP contribution in [0, 0.1) is 10.1 Å². The van der Waals surface area contributed by atoms with Gasteiger partial charge in [-0.1, -0.05) is 0 Å². The Bertz CT molecular complexity index is 495. The van der Waals surface area contributed by atoms with Crippen LogP contribution in [0.15, 0.2) is 12.3 Å². The van der Waals surface area contributed by atoms with Crippen LogP contribution in [-0.4, -0.2) is 34.5 Å². The van der Waals surface area contributed by atoms with Crippen LogP contribution in [0.4, 0.5) is 5.69 Å². The van der Waals surface area contributed by atoms with Gasteiger partial charge in [-0.25, -0.2) is 0 Å². The molecule has 0 aliphatic rings. The highest BCUT2D eigenvalue weighted by Gasteiger charge is 2.17. The molecule has 1 rings (SSSR count). The van der Waals surface area contributed by atoms with Crippen LogP contribution in [0.5, 0.6) is 0 Å². The van der Waals surface area contributed by atoms with Gasteiger partial charge < -0.3 is 14.6 Å². The van der Waals surface area contributed by atoms with E-state index in [-0.39, 0.29) is 31.0 Å². The maximum absolute atomic E-state index is 11.7. The Morgan fingerprint density at radius 2 is 2.21 bits per heavy atom. The van der Waals surface area contributed by atoms with Crippen molar-refractivity contribution in [1.82, 2.24) is 9.88 Å². The molecule has 1 aromatic rings. The van der Waals surface area contributed by atoms with E-state index >= 15 is 0 Å². The molecule has 1 amide bonds. The summed E-state index contributed by atoms with van der Waals surface area (Å²) in [7, 11) is 1.53. The predicted octanol–water partition coefficient (Wildman–Crippen LogP) is 0.616. The molecular formula is C11H15N3O5. The molecule has 104 valence electrons. The maximum Gasteiger partial charge on any atom is 0.307 e. The summed E-state index contributed by atoms with van der Waals surface area (Å²) in [5.74, 6) is -0.874. The molecule has 0 aliphatic carbocycles. The molecule has 19 heavy (non-hydrogen) atoms. The van der Waals surface area contributed by atoms with E-state index in [1.54, 1.807) is 6.92 Å². The Hall–Kier alpha value is -2.38. The van der Waals surface area contributed by atoms with Crippen LogP contribution in [0.2, 0.25) is 0 Å². The Labute approximate surface area is 109 Å². The first-order valence-electron chi connectivity index (χ1n) is 5.70. The van der Waals surface area contributed by atoms with Crippen LogP contribution in [0.3, 0.4) is 0 Å². The van der Waals surface area contributed by atoms with Gasteiger partial charge in [0.15, 0.2) is 0 Å². The average Bonchev–Trinajstić information content (AvgIpc) is 2.72. The highest BCUT2D eigenvalue weighted by molar-refractivity contribution is 5.93. The van der Waals surface area contributed by atoms with Gasteiger partial charge in [0, 0.05) is 19.7 Å². The lowest BCUT2D eigenvalue weighted by atomic mass is 10.3. The second kappa shape index (κ2) is 6.53. The number of aromatic nitrogens is 1. The van der Waals surface area contributed by atoms with E-state index in [2.05, 4.69) is 5.32 Å². The van der Waals surface area contributed by atoms with E-state index in [4.69, 9.17) is 4.74 Å². The number of carbonyl (C=O) groups is 2. The van der Waals surface area contributed by atoms with Gasteiger partial charge in [0.25, 0.3) is 11.6 Å². The van der Waals surface area contributed by atoms with Crippen molar-refractivity contribution in [1.29, 1.82) is 0 Å². The summed E-state index contributed by atoms with van der Waals surface area (Å²) in [4.78, 5) is 32.8. The van der Waals surface area contributed by atoms with E-state index in [1.165, 1.54) is 23.9 Å². The summed E-state index contributed by atoms with van der Waals surface area (Å²) in [6.07, 6.45) is 1.31. The minimum Gasteiger partial charge on any atom is -0.466 e. The van der Waals surface area contributed by atoms with Gasteiger partial charge in [0.2, 0.25) is 0 Å². The van der Waals surface area contributed by atoms with Crippen molar-refractivity contribution in [2.75, 3.05) is 13.2 Å². The molecule has 0 aromatic carbocycles. The van der Waals surface area contributed by atoms with Crippen LogP contribution in [-0.2, 0) is 16.6 Å². The van der Waals surface area contributed by atoms with Crippen molar-refractivity contribution < 1.29 is 19.2 Å². The number of ether oxygens (including phenoxy) is 1. The fraction of sp³-hybridized carbons (Fsp3) is 0.455. The molecule has 0 radical (unpaired) electrons. The lowest BCUT2D eigenvalue weighted by Crippen LogP contribution is -2.28. The Morgan fingerprint density at radius 3 is 2.74 bits per heavy atom. The van der Waals surface area contributed by atoms with Crippen molar-refractivity contribution in [2.45, 2.75) is 13.3 Å². The molecule has 8 heteroatoms. The van der Waals surface area contributed by atoms with Crippen molar-refractivity contribution in [3.05, 3.63) is 28.1 Å². The Kier molecular flexibility index (Phi) is 5.04. The minimum atomic E-state index is -0.574. The number of nitrogens with zero attached hydrogens (tertiary/aromatic N) is 2. The molecule has 0 aliphatic heterocycles. The fourth-order valence-corrected chi connectivity index (χ4v) is 1.47. The average molecular weight is 269 g/mol. The zero-order valence-corrected chi connectivity index (χ0v) is 10.7. The highest BCUT2D eigenvalue weighted by Crippen LogP contribution is 2.14. The Balaban J connectivity index is 2.54. The lowest BCUT2D eigenvalue weighted by molar-refractivity contribution is -0.384. The zero-order chi connectivity index (χ0) is 14.4. The number of nitrogens with one attached hydrogen (secondary N) is 1. The van der Waals surface area contributed by atoms with Crippen LogP contribution in [0.25, 0.3) is 0 Å². The van der Waals surface area contributed by atoms with E-state index in [0.29, 0.717) is 0 Å². The second-order valence-corrected chi connectivity index (χ2v) is 3.76. The predicted molar refractivity (Wildman–Crippen MR) is 65.7 cm³/mol. The topological polar surface area (TPSA) is 103 Å². The first-order valence-corrected chi connectivity index (χ1v) is 5.70. The summed E-state index contributed by atoms with van der Waals surface area (Å²) >= 11 is 0. The van der Waals surface area contributed by atoms with Gasteiger partial charge in [-0.3, -0.25) is 19.7 Å². The number of carbonyl (C=O) groups excluding carboxylic acids is 2. The Morgan fingerprint density at radius 1 is 1.53 bits per heavy atom. The summed E-state index contributed by atoms with van der Waals surface area (Å²) in [5.41, 5.74) is 0.00796. The van der Waals surface area contributed by atoms with E-state index in [9.17, 15) is 19.7 Å². The second-order valence-electron chi connectivity index (χ2n) is 3.76. The van der Waals surface area contributed by atoms with Crippen molar-refractivity contribution in [3.8, 4) is 0 Å². The zero-order valence-electron chi connectivity index (χ0n) is 10.7. The summed E-state index contributed by atoms with van der Waals surface area (Å²) in [5, 5.41) is 13.1. The highest BCUT2D eigenvalue weighted by atomic mass is 16.6. The van der Waals surface area contributed by atoms with Crippen LogP contribution < -0.4 is 5.32 Å². The number of hydrogen-bond acceptors (Lipinski definition) is 5. The number of nitro groups is 1. The van der Waals surface area contributed by atoms with Gasteiger partial charge in [-0.15, -0.1) is 0 Å². The van der Waals surface area contributed by atoms with Crippen molar-refractivity contribution in [2.24, 2.45) is 7.05 Å². The molecule has 0 bridgehead atoms. The van der Waals surface area contributed by atoms with Crippen LogP contribution >= 0.6 is 0 Å². The monoisotopic (exact) mass is 269 g/mol. The molecule has 0 saturated carbocycles. The molecule has 0 unspecified atom stereocenters. The molecule has 0 fully saturated rings. The third-order valence-corrected chi connectivity index (χ3v) is 2.35. The quantitative estimate of drug-likeness (QED) is 0.463. The molecule has 1 heterocycles.